The number of rotatable bonds is 5. The van der Waals surface area contributed by atoms with Gasteiger partial charge in [-0.2, -0.15) is 0 Å². The molecule has 0 bridgehead atoms. The van der Waals surface area contributed by atoms with Crippen LogP contribution in [0, 0.1) is 12.8 Å². The minimum atomic E-state index is 0.783. The summed E-state index contributed by atoms with van der Waals surface area (Å²) < 4.78 is 5.50. The van der Waals surface area contributed by atoms with E-state index in [9.17, 15) is 0 Å². The molecule has 1 aliphatic carbocycles. The van der Waals surface area contributed by atoms with Gasteiger partial charge < -0.3 is 15.0 Å². The molecule has 1 N–H and O–H groups in total. The summed E-state index contributed by atoms with van der Waals surface area (Å²) in [5.74, 6) is 1.78. The molecule has 0 spiro atoms. The van der Waals surface area contributed by atoms with Gasteiger partial charge in [0.05, 0.1) is 12.8 Å². The Morgan fingerprint density at radius 3 is 2.89 bits per heavy atom. The van der Waals surface area contributed by atoms with Crippen molar-refractivity contribution in [3.63, 3.8) is 0 Å². The van der Waals surface area contributed by atoms with E-state index in [-0.39, 0.29) is 0 Å². The first-order chi connectivity index (χ1) is 9.26. The van der Waals surface area contributed by atoms with Gasteiger partial charge in [0.25, 0.3) is 0 Å². The molecule has 19 heavy (non-hydrogen) atoms. The van der Waals surface area contributed by atoms with Crippen LogP contribution in [-0.2, 0) is 0 Å². The summed E-state index contributed by atoms with van der Waals surface area (Å²) >= 11 is 0. The van der Waals surface area contributed by atoms with E-state index in [1.54, 1.807) is 7.11 Å². The molecule has 3 nitrogen and oxygen atoms in total. The van der Waals surface area contributed by atoms with E-state index in [1.807, 2.05) is 0 Å². The predicted molar refractivity (Wildman–Crippen MR) is 79.1 cm³/mol. The Hall–Kier alpha value is -1.22. The van der Waals surface area contributed by atoms with Crippen molar-refractivity contribution in [2.24, 2.45) is 5.92 Å². The maximum absolute atomic E-state index is 5.50. The summed E-state index contributed by atoms with van der Waals surface area (Å²) in [7, 11) is 1.76. The average Bonchev–Trinajstić information content (AvgIpc) is 3.13. The van der Waals surface area contributed by atoms with Gasteiger partial charge in [-0.25, -0.2) is 0 Å². The molecule has 1 aliphatic heterocycles. The number of anilines is 1. The number of nitrogens with one attached hydrogen (secondary N) is 1. The number of ether oxygens (including phenoxy) is 1. The van der Waals surface area contributed by atoms with Gasteiger partial charge in [-0.1, -0.05) is 6.07 Å². The number of hydrogen-bond acceptors (Lipinski definition) is 3. The SMILES string of the molecule is COc1ccc(C)cc1N1CCC(CNC2CC2)C1. The minimum Gasteiger partial charge on any atom is -0.495 e. The maximum Gasteiger partial charge on any atom is 0.142 e. The molecule has 1 atom stereocenters. The van der Waals surface area contributed by atoms with Crippen molar-refractivity contribution in [2.45, 2.75) is 32.2 Å². The van der Waals surface area contributed by atoms with Crippen molar-refractivity contribution in [2.75, 3.05) is 31.6 Å². The first kappa shape index (κ1) is 12.8. The van der Waals surface area contributed by atoms with Crippen LogP contribution in [0.2, 0.25) is 0 Å². The molecule has 1 heterocycles. The molecule has 104 valence electrons. The number of hydrogen-bond donors (Lipinski definition) is 1. The zero-order chi connectivity index (χ0) is 13.2. The Morgan fingerprint density at radius 2 is 2.16 bits per heavy atom. The largest absolute Gasteiger partial charge is 0.495 e. The van der Waals surface area contributed by atoms with Gasteiger partial charge >= 0.3 is 0 Å². The summed E-state index contributed by atoms with van der Waals surface area (Å²) in [6, 6.07) is 7.27. The van der Waals surface area contributed by atoms with Crippen molar-refractivity contribution >= 4 is 5.69 Å². The van der Waals surface area contributed by atoms with Crippen LogP contribution in [0.15, 0.2) is 18.2 Å². The summed E-state index contributed by atoms with van der Waals surface area (Å²) in [5.41, 5.74) is 2.56. The van der Waals surface area contributed by atoms with Crippen LogP contribution < -0.4 is 15.0 Å². The lowest BCUT2D eigenvalue weighted by Crippen LogP contribution is -2.27. The Morgan fingerprint density at radius 1 is 1.32 bits per heavy atom. The van der Waals surface area contributed by atoms with Gasteiger partial charge in [-0.05, 0) is 56.3 Å². The highest BCUT2D eigenvalue weighted by atomic mass is 16.5. The summed E-state index contributed by atoms with van der Waals surface area (Å²) in [4.78, 5) is 2.48. The molecule has 0 amide bonds. The molecule has 0 radical (unpaired) electrons. The first-order valence-electron chi connectivity index (χ1n) is 7.39. The van der Waals surface area contributed by atoms with Crippen LogP contribution in [-0.4, -0.2) is 32.8 Å². The average molecular weight is 260 g/mol. The Balaban J connectivity index is 1.64. The van der Waals surface area contributed by atoms with E-state index in [0.717, 1.165) is 30.8 Å². The molecule has 1 aromatic rings. The zero-order valence-corrected chi connectivity index (χ0v) is 12.0. The highest BCUT2D eigenvalue weighted by Crippen LogP contribution is 2.33. The second kappa shape index (κ2) is 5.41. The highest BCUT2D eigenvalue weighted by molar-refractivity contribution is 5.60. The maximum atomic E-state index is 5.50. The summed E-state index contributed by atoms with van der Waals surface area (Å²) in [5, 5.41) is 3.65. The number of benzene rings is 1. The van der Waals surface area contributed by atoms with Gasteiger partial charge in [0.1, 0.15) is 5.75 Å². The molecular formula is C16H24N2O. The lowest BCUT2D eigenvalue weighted by molar-refractivity contribution is 0.414. The van der Waals surface area contributed by atoms with Crippen molar-refractivity contribution in [1.82, 2.24) is 5.32 Å². The molecule has 2 aliphatic rings. The lowest BCUT2D eigenvalue weighted by atomic mass is 10.1. The van der Waals surface area contributed by atoms with E-state index in [0.29, 0.717) is 0 Å². The molecule has 1 saturated carbocycles. The standard InChI is InChI=1S/C16H24N2O/c1-12-3-6-16(19-2)15(9-12)18-8-7-13(11-18)10-17-14-4-5-14/h3,6,9,13-14,17H,4-5,7-8,10-11H2,1-2H3. The lowest BCUT2D eigenvalue weighted by Gasteiger charge is -2.22. The van der Waals surface area contributed by atoms with E-state index in [1.165, 1.54) is 37.1 Å². The van der Waals surface area contributed by atoms with Crippen LogP contribution in [0.3, 0.4) is 0 Å². The van der Waals surface area contributed by atoms with Gasteiger partial charge in [0.15, 0.2) is 0 Å². The van der Waals surface area contributed by atoms with Gasteiger partial charge in [0, 0.05) is 19.1 Å². The summed E-state index contributed by atoms with van der Waals surface area (Å²) in [6.07, 6.45) is 4.04. The van der Waals surface area contributed by atoms with Crippen molar-refractivity contribution in [3.05, 3.63) is 23.8 Å². The Bertz CT molecular complexity index is 442. The fraction of sp³-hybridized carbons (Fsp3) is 0.625. The predicted octanol–water partition coefficient (Wildman–Crippen LogP) is 2.58. The molecule has 1 unspecified atom stereocenters. The van der Waals surface area contributed by atoms with Crippen LogP contribution >= 0.6 is 0 Å². The molecule has 0 aromatic heterocycles. The Kier molecular flexibility index (Phi) is 3.65. The smallest absolute Gasteiger partial charge is 0.142 e. The topological polar surface area (TPSA) is 24.5 Å². The molecule has 1 saturated heterocycles. The number of aryl methyl sites for hydroxylation is 1. The van der Waals surface area contributed by atoms with Crippen LogP contribution in [0.25, 0.3) is 0 Å². The quantitative estimate of drug-likeness (QED) is 0.880. The van der Waals surface area contributed by atoms with Gasteiger partial charge in [-0.15, -0.1) is 0 Å². The molecule has 3 rings (SSSR count). The van der Waals surface area contributed by atoms with Crippen molar-refractivity contribution in [3.8, 4) is 5.75 Å². The monoisotopic (exact) mass is 260 g/mol. The third-order valence-corrected chi connectivity index (χ3v) is 4.23. The molecule has 1 aromatic carbocycles. The summed E-state index contributed by atoms with van der Waals surface area (Å²) in [6.45, 7) is 5.62. The van der Waals surface area contributed by atoms with Crippen molar-refractivity contribution < 1.29 is 4.74 Å². The van der Waals surface area contributed by atoms with E-state index in [2.05, 4.69) is 35.3 Å². The number of methoxy groups -OCH3 is 1. The number of nitrogens with zero attached hydrogens (tertiary/aromatic N) is 1. The minimum absolute atomic E-state index is 0.783. The van der Waals surface area contributed by atoms with Crippen molar-refractivity contribution in [1.29, 1.82) is 0 Å². The Labute approximate surface area is 115 Å². The fourth-order valence-corrected chi connectivity index (χ4v) is 2.89. The molecule has 3 heteroatoms. The van der Waals surface area contributed by atoms with E-state index < -0.39 is 0 Å². The zero-order valence-electron chi connectivity index (χ0n) is 12.0. The van der Waals surface area contributed by atoms with Gasteiger partial charge in [0.2, 0.25) is 0 Å². The van der Waals surface area contributed by atoms with Crippen LogP contribution in [0.1, 0.15) is 24.8 Å². The normalized spacial score (nSPS) is 22.8. The van der Waals surface area contributed by atoms with Gasteiger partial charge in [-0.3, -0.25) is 0 Å². The molecular weight excluding hydrogens is 236 g/mol. The van der Waals surface area contributed by atoms with Crippen LogP contribution in [0.4, 0.5) is 5.69 Å². The van der Waals surface area contributed by atoms with E-state index in [4.69, 9.17) is 4.74 Å². The second-order valence-corrected chi connectivity index (χ2v) is 5.96. The third kappa shape index (κ3) is 3.03. The third-order valence-electron chi connectivity index (χ3n) is 4.23. The highest BCUT2D eigenvalue weighted by Gasteiger charge is 2.27. The fourth-order valence-electron chi connectivity index (χ4n) is 2.89. The molecule has 2 fully saturated rings. The van der Waals surface area contributed by atoms with E-state index >= 15 is 0 Å². The van der Waals surface area contributed by atoms with Crippen LogP contribution in [0.5, 0.6) is 5.75 Å². The second-order valence-electron chi connectivity index (χ2n) is 5.96. The first-order valence-corrected chi connectivity index (χ1v) is 7.39.